The summed E-state index contributed by atoms with van der Waals surface area (Å²) in [5, 5.41) is 11.9. The summed E-state index contributed by atoms with van der Waals surface area (Å²) in [5.74, 6) is -3.29. The highest BCUT2D eigenvalue weighted by Gasteiger charge is 2.38. The minimum atomic E-state index is -5.08. The molecule has 1 fully saturated rings. The van der Waals surface area contributed by atoms with E-state index in [1.807, 2.05) is 41.4 Å². The molecule has 178 valence electrons. The van der Waals surface area contributed by atoms with Crippen LogP contribution in [-0.4, -0.2) is 47.2 Å². The maximum Gasteiger partial charge on any atom is 0.490 e. The molecule has 2 amide bonds. The highest BCUT2D eigenvalue weighted by atomic mass is 19.4. The smallest absolute Gasteiger partial charge is 0.475 e. The van der Waals surface area contributed by atoms with Crippen molar-refractivity contribution in [3.63, 3.8) is 0 Å². The summed E-state index contributed by atoms with van der Waals surface area (Å²) in [6.45, 7) is 2.03. The van der Waals surface area contributed by atoms with Crippen LogP contribution in [0.25, 0.3) is 0 Å². The van der Waals surface area contributed by atoms with Gasteiger partial charge in [0.05, 0.1) is 0 Å². The predicted octanol–water partition coefficient (Wildman–Crippen LogP) is 2.38. The van der Waals surface area contributed by atoms with Gasteiger partial charge in [-0.2, -0.15) is 13.2 Å². The number of carboxylic acid groups (broad SMARTS) is 1. The molecular formula is C22H25F3N4O4. The van der Waals surface area contributed by atoms with Crippen molar-refractivity contribution >= 4 is 17.8 Å². The Morgan fingerprint density at radius 2 is 1.64 bits per heavy atom. The van der Waals surface area contributed by atoms with E-state index in [-0.39, 0.29) is 11.8 Å². The highest BCUT2D eigenvalue weighted by molar-refractivity contribution is 5.98. The van der Waals surface area contributed by atoms with Gasteiger partial charge < -0.3 is 16.2 Å². The molecule has 0 spiro atoms. The van der Waals surface area contributed by atoms with Gasteiger partial charge in [0.15, 0.2) is 0 Å². The molecule has 0 radical (unpaired) electrons. The Bertz CT molecular complexity index is 948. The second-order valence-corrected chi connectivity index (χ2v) is 7.19. The number of hydrazine groups is 1. The summed E-state index contributed by atoms with van der Waals surface area (Å²) in [6, 6.07) is 15.6. The van der Waals surface area contributed by atoms with Crippen molar-refractivity contribution in [3.05, 3.63) is 71.3 Å². The van der Waals surface area contributed by atoms with Crippen molar-refractivity contribution in [1.29, 1.82) is 0 Å². The Labute approximate surface area is 188 Å². The number of rotatable bonds is 6. The topological polar surface area (TPSA) is 125 Å². The number of nitrogens with two attached hydrogens (primary N) is 1. The normalized spacial score (nSPS) is 14.5. The number of alkyl halides is 3. The van der Waals surface area contributed by atoms with Gasteiger partial charge >= 0.3 is 12.1 Å². The largest absolute Gasteiger partial charge is 0.490 e. The SMILES string of the molecule is NCc1cccc(C(=O)NC(C(=O)NN2CCCC2)c2ccccc2)c1.O=C(O)C(F)(F)F. The van der Waals surface area contributed by atoms with Gasteiger partial charge in [-0.1, -0.05) is 42.5 Å². The first-order chi connectivity index (χ1) is 15.6. The number of carbonyl (C=O) groups is 3. The summed E-state index contributed by atoms with van der Waals surface area (Å²) in [4.78, 5) is 34.4. The van der Waals surface area contributed by atoms with Crippen LogP contribution in [0.5, 0.6) is 0 Å². The number of carboxylic acids is 1. The second kappa shape index (κ2) is 12.0. The molecule has 0 bridgehead atoms. The highest BCUT2D eigenvalue weighted by Crippen LogP contribution is 2.16. The number of benzene rings is 2. The van der Waals surface area contributed by atoms with E-state index in [9.17, 15) is 22.8 Å². The maximum atomic E-state index is 12.8. The van der Waals surface area contributed by atoms with Crippen LogP contribution in [0.15, 0.2) is 54.6 Å². The quantitative estimate of drug-likeness (QED) is 0.518. The van der Waals surface area contributed by atoms with Crippen LogP contribution in [0.1, 0.15) is 40.4 Å². The van der Waals surface area contributed by atoms with Crippen molar-refractivity contribution < 1.29 is 32.7 Å². The van der Waals surface area contributed by atoms with E-state index in [0.29, 0.717) is 12.1 Å². The number of hydrogen-bond acceptors (Lipinski definition) is 5. The molecule has 0 aliphatic carbocycles. The van der Waals surface area contributed by atoms with Gasteiger partial charge in [0, 0.05) is 25.2 Å². The molecule has 1 saturated heterocycles. The zero-order valence-corrected chi connectivity index (χ0v) is 17.6. The lowest BCUT2D eigenvalue weighted by Gasteiger charge is -2.23. The Kier molecular flexibility index (Phi) is 9.37. The number of carbonyl (C=O) groups excluding carboxylic acids is 2. The number of hydrogen-bond donors (Lipinski definition) is 4. The standard InChI is InChI=1S/C20H24N4O2.C2HF3O2/c21-14-15-7-6-10-17(13-15)19(25)22-18(16-8-2-1-3-9-16)20(26)23-24-11-4-5-12-24;3-2(4,5)1(6)7/h1-3,6-10,13,18H,4-5,11-12,14,21H2,(H,22,25)(H,23,26);(H,6,7). The first-order valence-electron chi connectivity index (χ1n) is 10.1. The molecule has 33 heavy (non-hydrogen) atoms. The monoisotopic (exact) mass is 466 g/mol. The number of amides is 2. The fourth-order valence-electron chi connectivity index (χ4n) is 3.05. The van der Waals surface area contributed by atoms with E-state index in [2.05, 4.69) is 10.7 Å². The molecule has 2 aromatic rings. The van der Waals surface area contributed by atoms with Crippen molar-refractivity contribution in [2.75, 3.05) is 13.1 Å². The second-order valence-electron chi connectivity index (χ2n) is 7.19. The first kappa shape index (κ1) is 25.8. The number of aliphatic carboxylic acids is 1. The van der Waals surface area contributed by atoms with Gasteiger partial charge in [-0.25, -0.2) is 9.80 Å². The molecule has 11 heteroatoms. The van der Waals surface area contributed by atoms with Crippen LogP contribution in [-0.2, 0) is 16.1 Å². The van der Waals surface area contributed by atoms with E-state index in [4.69, 9.17) is 15.6 Å². The Balaban J connectivity index is 0.000000479. The van der Waals surface area contributed by atoms with Gasteiger partial charge in [-0.05, 0) is 36.1 Å². The summed E-state index contributed by atoms with van der Waals surface area (Å²) in [7, 11) is 0. The minimum Gasteiger partial charge on any atom is -0.475 e. The van der Waals surface area contributed by atoms with E-state index in [1.54, 1.807) is 18.2 Å². The summed E-state index contributed by atoms with van der Waals surface area (Å²) in [5.41, 5.74) is 10.7. The first-order valence-corrected chi connectivity index (χ1v) is 10.1. The molecule has 8 nitrogen and oxygen atoms in total. The molecule has 2 aromatic carbocycles. The van der Waals surface area contributed by atoms with E-state index < -0.39 is 18.2 Å². The van der Waals surface area contributed by atoms with Crippen LogP contribution in [0.4, 0.5) is 13.2 Å². The third-order valence-corrected chi connectivity index (χ3v) is 4.71. The summed E-state index contributed by atoms with van der Waals surface area (Å²) < 4.78 is 31.7. The van der Waals surface area contributed by atoms with Crippen LogP contribution < -0.4 is 16.5 Å². The average molecular weight is 466 g/mol. The van der Waals surface area contributed by atoms with Crippen molar-refractivity contribution in [3.8, 4) is 0 Å². The minimum absolute atomic E-state index is 0.235. The van der Waals surface area contributed by atoms with E-state index >= 15 is 0 Å². The molecule has 5 N–H and O–H groups in total. The van der Waals surface area contributed by atoms with Gasteiger partial charge in [0.2, 0.25) is 0 Å². The molecule has 1 atom stereocenters. The number of halogens is 3. The lowest BCUT2D eigenvalue weighted by atomic mass is 10.0. The zero-order chi connectivity index (χ0) is 24.4. The maximum absolute atomic E-state index is 12.8. The van der Waals surface area contributed by atoms with Crippen molar-refractivity contribution in [2.45, 2.75) is 31.6 Å². The molecule has 0 saturated carbocycles. The fourth-order valence-corrected chi connectivity index (χ4v) is 3.05. The van der Waals surface area contributed by atoms with Crippen LogP contribution in [0.2, 0.25) is 0 Å². The van der Waals surface area contributed by atoms with Gasteiger partial charge in [-0.3, -0.25) is 15.0 Å². The third-order valence-electron chi connectivity index (χ3n) is 4.71. The molecule has 1 unspecified atom stereocenters. The summed E-state index contributed by atoms with van der Waals surface area (Å²) in [6.07, 6.45) is -2.96. The average Bonchev–Trinajstić information content (AvgIpc) is 3.30. The molecule has 1 aliphatic rings. The Morgan fingerprint density at radius 1 is 1.03 bits per heavy atom. The van der Waals surface area contributed by atoms with Gasteiger partial charge in [0.25, 0.3) is 11.8 Å². The molecule has 0 aromatic heterocycles. The zero-order valence-electron chi connectivity index (χ0n) is 17.6. The van der Waals surface area contributed by atoms with Crippen LogP contribution in [0, 0.1) is 0 Å². The molecular weight excluding hydrogens is 441 g/mol. The van der Waals surface area contributed by atoms with Gasteiger partial charge in [-0.15, -0.1) is 0 Å². The van der Waals surface area contributed by atoms with Crippen LogP contribution in [0.3, 0.4) is 0 Å². The Hall–Kier alpha value is -3.44. The molecule has 1 aliphatic heterocycles. The molecule has 1 heterocycles. The van der Waals surface area contributed by atoms with E-state index in [0.717, 1.165) is 37.1 Å². The number of nitrogens with one attached hydrogen (secondary N) is 2. The fraction of sp³-hybridized carbons (Fsp3) is 0.318. The van der Waals surface area contributed by atoms with Gasteiger partial charge in [0.1, 0.15) is 6.04 Å². The van der Waals surface area contributed by atoms with E-state index in [1.165, 1.54) is 0 Å². The predicted molar refractivity (Wildman–Crippen MR) is 114 cm³/mol. The third kappa shape index (κ3) is 8.20. The molecule has 3 rings (SSSR count). The Morgan fingerprint density at radius 3 is 2.18 bits per heavy atom. The van der Waals surface area contributed by atoms with Crippen molar-refractivity contribution in [1.82, 2.24) is 15.8 Å². The lowest BCUT2D eigenvalue weighted by Crippen LogP contribution is -2.47. The lowest BCUT2D eigenvalue weighted by molar-refractivity contribution is -0.192. The summed E-state index contributed by atoms with van der Waals surface area (Å²) >= 11 is 0. The van der Waals surface area contributed by atoms with Crippen LogP contribution >= 0.6 is 0 Å². The number of nitrogens with zero attached hydrogens (tertiary/aromatic N) is 1. The van der Waals surface area contributed by atoms with Crippen molar-refractivity contribution in [2.24, 2.45) is 5.73 Å².